The van der Waals surface area contributed by atoms with E-state index in [9.17, 15) is 18.8 Å². The molecule has 6 nitrogen and oxygen atoms in total. The number of carbonyl (C=O) groups is 3. The van der Waals surface area contributed by atoms with E-state index in [0.29, 0.717) is 12.8 Å². The largest absolute Gasteiger partial charge is 0.461 e. The smallest absolute Gasteiger partial charge is 0.368 e. The summed E-state index contributed by atoms with van der Waals surface area (Å²) in [5.41, 5.74) is -0.411. The van der Waals surface area contributed by atoms with Gasteiger partial charge in [-0.3, -0.25) is 14.5 Å². The number of ether oxygens (including phenoxy) is 1. The molecule has 2 saturated heterocycles. The van der Waals surface area contributed by atoms with Gasteiger partial charge in [-0.25, -0.2) is 9.18 Å². The average Bonchev–Trinajstić information content (AvgIpc) is 3.07. The normalized spacial score (nSPS) is 30.6. The fourth-order valence-electron chi connectivity index (χ4n) is 4.47. The van der Waals surface area contributed by atoms with E-state index in [2.05, 4.69) is 0 Å². The van der Waals surface area contributed by atoms with Gasteiger partial charge in [-0.2, -0.15) is 0 Å². The summed E-state index contributed by atoms with van der Waals surface area (Å²) in [6.45, 7) is 3.85. The van der Waals surface area contributed by atoms with Crippen LogP contribution >= 0.6 is 0 Å². The fourth-order valence-corrected chi connectivity index (χ4v) is 4.47. The second-order valence-electron chi connectivity index (χ2n) is 6.99. The number of nitrogens with zero attached hydrogens (tertiary/aromatic N) is 1. The lowest BCUT2D eigenvalue weighted by Crippen LogP contribution is -2.98. The van der Waals surface area contributed by atoms with Crippen molar-refractivity contribution in [3.05, 3.63) is 35.6 Å². The number of esters is 1. The molecule has 0 bridgehead atoms. The molecule has 4 atom stereocenters. The van der Waals surface area contributed by atoms with E-state index < -0.39 is 29.4 Å². The Balaban J connectivity index is 2.11. The number of quaternary nitrogens is 1. The van der Waals surface area contributed by atoms with Crippen LogP contribution in [0.15, 0.2) is 24.3 Å². The second-order valence-corrected chi connectivity index (χ2v) is 6.99. The van der Waals surface area contributed by atoms with Crippen molar-refractivity contribution in [3.63, 3.8) is 0 Å². The van der Waals surface area contributed by atoms with Gasteiger partial charge in [-0.1, -0.05) is 19.1 Å². The van der Waals surface area contributed by atoms with Crippen molar-refractivity contribution in [2.45, 2.75) is 38.3 Å². The number of halogens is 1. The van der Waals surface area contributed by atoms with E-state index in [0.717, 1.165) is 10.5 Å². The van der Waals surface area contributed by atoms with Crippen LogP contribution in [-0.2, 0) is 19.1 Å². The molecule has 1 aromatic carbocycles. The number of nitrogens with two attached hydrogens (primary N) is 1. The third-order valence-corrected chi connectivity index (χ3v) is 5.56. The molecule has 1 aromatic rings. The van der Waals surface area contributed by atoms with Crippen molar-refractivity contribution in [3.8, 4) is 0 Å². The number of likely N-dealkylation sites (tertiary alicyclic amines) is 1. The summed E-state index contributed by atoms with van der Waals surface area (Å²) in [5, 5.41) is 1.81. The average molecular weight is 363 g/mol. The summed E-state index contributed by atoms with van der Waals surface area (Å²) < 4.78 is 18.6. The number of carbonyl (C=O) groups excluding carboxylic acids is 3. The van der Waals surface area contributed by atoms with Crippen LogP contribution in [0.25, 0.3) is 0 Å². The monoisotopic (exact) mass is 363 g/mol. The molecule has 2 aliphatic heterocycles. The van der Waals surface area contributed by atoms with Gasteiger partial charge in [0.1, 0.15) is 23.7 Å². The Kier molecular flexibility index (Phi) is 4.84. The van der Waals surface area contributed by atoms with Crippen molar-refractivity contribution in [1.82, 2.24) is 4.90 Å². The predicted octanol–water partition coefficient (Wildman–Crippen LogP) is 0.777. The van der Waals surface area contributed by atoms with Gasteiger partial charge in [-0.15, -0.1) is 0 Å². The first-order valence-electron chi connectivity index (χ1n) is 8.97. The minimum atomic E-state index is -1.13. The topological polar surface area (TPSA) is 80.3 Å². The van der Waals surface area contributed by atoms with Gasteiger partial charge in [0.2, 0.25) is 17.4 Å². The van der Waals surface area contributed by atoms with Gasteiger partial charge >= 0.3 is 5.97 Å². The van der Waals surface area contributed by atoms with Gasteiger partial charge in [0.25, 0.3) is 0 Å². The van der Waals surface area contributed by atoms with Gasteiger partial charge in [0.05, 0.1) is 6.61 Å². The summed E-state index contributed by atoms with van der Waals surface area (Å²) in [7, 11) is 1.45. The van der Waals surface area contributed by atoms with E-state index in [4.69, 9.17) is 4.74 Å². The van der Waals surface area contributed by atoms with E-state index in [-0.39, 0.29) is 24.2 Å². The zero-order valence-electron chi connectivity index (χ0n) is 15.2. The number of hydrogen-bond donors (Lipinski definition) is 1. The first-order chi connectivity index (χ1) is 12.4. The first kappa shape index (κ1) is 18.5. The highest BCUT2D eigenvalue weighted by Crippen LogP contribution is 2.45. The van der Waals surface area contributed by atoms with Gasteiger partial charge in [0.15, 0.2) is 0 Å². The standard InChI is InChI=1S/C19H23FN2O4/c1-4-10-19(18(25)26-5-2)14-13(16(23)22(3)17(14)24)15(21-19)11-6-8-12(20)9-7-11/h6-9,13-15,21H,4-5,10H2,1-3H3/p+1/t13-,14+,15-,19-/m0/s1. The molecular formula is C19H24FN2O4+. The highest BCUT2D eigenvalue weighted by Gasteiger charge is 2.71. The fraction of sp³-hybridized carbons (Fsp3) is 0.526. The van der Waals surface area contributed by atoms with Crippen LogP contribution in [0.1, 0.15) is 38.3 Å². The molecule has 0 spiro atoms. The number of fused-ring (bicyclic) bond motifs is 1. The maximum atomic E-state index is 13.3. The predicted molar refractivity (Wildman–Crippen MR) is 90.1 cm³/mol. The van der Waals surface area contributed by atoms with Crippen LogP contribution in [-0.4, -0.2) is 41.9 Å². The number of hydrogen-bond acceptors (Lipinski definition) is 4. The van der Waals surface area contributed by atoms with Crippen molar-refractivity contribution in [1.29, 1.82) is 0 Å². The van der Waals surface area contributed by atoms with Crippen LogP contribution in [0.4, 0.5) is 4.39 Å². The highest BCUT2D eigenvalue weighted by atomic mass is 19.1. The molecule has 2 aliphatic rings. The third-order valence-electron chi connectivity index (χ3n) is 5.56. The molecule has 0 unspecified atom stereocenters. The van der Waals surface area contributed by atoms with E-state index in [1.54, 1.807) is 24.4 Å². The lowest BCUT2D eigenvalue weighted by molar-refractivity contribution is -0.735. The zero-order chi connectivity index (χ0) is 19.1. The van der Waals surface area contributed by atoms with Crippen molar-refractivity contribution >= 4 is 17.8 Å². The molecule has 26 heavy (non-hydrogen) atoms. The summed E-state index contributed by atoms with van der Waals surface area (Å²) in [5.74, 6) is -2.91. The summed E-state index contributed by atoms with van der Waals surface area (Å²) in [6.07, 6.45) is 1.09. The number of imide groups is 1. The Bertz CT molecular complexity index is 736. The molecule has 2 heterocycles. The van der Waals surface area contributed by atoms with Crippen LogP contribution < -0.4 is 5.32 Å². The third kappa shape index (κ3) is 2.61. The summed E-state index contributed by atoms with van der Waals surface area (Å²) in [4.78, 5) is 39.6. The van der Waals surface area contributed by atoms with E-state index >= 15 is 0 Å². The van der Waals surface area contributed by atoms with Crippen molar-refractivity contribution in [2.75, 3.05) is 13.7 Å². The first-order valence-corrected chi connectivity index (χ1v) is 8.97. The van der Waals surface area contributed by atoms with E-state index in [1.807, 2.05) is 6.92 Å². The Labute approximate surface area is 151 Å². The zero-order valence-corrected chi connectivity index (χ0v) is 15.2. The van der Waals surface area contributed by atoms with Crippen LogP contribution in [0.3, 0.4) is 0 Å². The Morgan fingerprint density at radius 2 is 1.88 bits per heavy atom. The quantitative estimate of drug-likeness (QED) is 0.619. The molecular weight excluding hydrogens is 339 g/mol. The summed E-state index contributed by atoms with van der Waals surface area (Å²) >= 11 is 0. The number of amides is 2. The lowest BCUT2D eigenvalue weighted by Gasteiger charge is -2.28. The molecule has 0 aromatic heterocycles. The molecule has 2 fully saturated rings. The molecule has 2 N–H and O–H groups in total. The maximum absolute atomic E-state index is 13.3. The summed E-state index contributed by atoms with van der Waals surface area (Å²) in [6, 6.07) is 5.44. The second kappa shape index (κ2) is 6.79. The van der Waals surface area contributed by atoms with Crippen LogP contribution in [0.5, 0.6) is 0 Å². The lowest BCUT2D eigenvalue weighted by atomic mass is 9.77. The Morgan fingerprint density at radius 3 is 2.46 bits per heavy atom. The molecule has 140 valence electrons. The minimum absolute atomic E-state index is 0.203. The maximum Gasteiger partial charge on any atom is 0.368 e. The van der Waals surface area contributed by atoms with Gasteiger partial charge in [-0.05, 0) is 25.5 Å². The van der Waals surface area contributed by atoms with Gasteiger partial charge in [0, 0.05) is 19.0 Å². The number of benzene rings is 1. The molecule has 0 radical (unpaired) electrons. The van der Waals surface area contributed by atoms with E-state index in [1.165, 1.54) is 19.2 Å². The van der Waals surface area contributed by atoms with Gasteiger partial charge < -0.3 is 10.1 Å². The molecule has 2 amide bonds. The molecule has 0 saturated carbocycles. The van der Waals surface area contributed by atoms with Crippen LogP contribution in [0.2, 0.25) is 0 Å². The van der Waals surface area contributed by atoms with Crippen molar-refractivity contribution < 1.29 is 28.8 Å². The minimum Gasteiger partial charge on any atom is -0.461 e. The Hall–Kier alpha value is -2.28. The van der Waals surface area contributed by atoms with Crippen LogP contribution in [0, 0.1) is 17.7 Å². The Morgan fingerprint density at radius 1 is 1.23 bits per heavy atom. The SMILES string of the molecule is CCC[C@]1(C(=O)OCC)[NH2+][C@@H](c2ccc(F)cc2)[C@H]2C(=O)N(C)C(=O)[C@@H]21. The highest BCUT2D eigenvalue weighted by molar-refractivity contribution is 6.08. The molecule has 7 heteroatoms. The molecule has 0 aliphatic carbocycles. The van der Waals surface area contributed by atoms with Crippen molar-refractivity contribution in [2.24, 2.45) is 11.8 Å². The number of rotatable bonds is 5. The molecule has 3 rings (SSSR count).